The molecule has 0 bridgehead atoms. The van der Waals surface area contributed by atoms with E-state index in [4.69, 9.17) is 10.8 Å². The van der Waals surface area contributed by atoms with Crippen molar-refractivity contribution in [1.29, 1.82) is 0 Å². The van der Waals surface area contributed by atoms with Gasteiger partial charge in [-0.15, -0.1) is 0 Å². The second kappa shape index (κ2) is 6.41. The number of anilines is 2. The van der Waals surface area contributed by atoms with Crippen LogP contribution in [0.4, 0.5) is 11.4 Å². The van der Waals surface area contributed by atoms with E-state index in [1.807, 2.05) is 0 Å². The van der Waals surface area contributed by atoms with Gasteiger partial charge in [-0.25, -0.2) is 4.79 Å². The Labute approximate surface area is 118 Å². The zero-order valence-corrected chi connectivity index (χ0v) is 11.4. The van der Waals surface area contributed by atoms with Crippen molar-refractivity contribution in [3.05, 3.63) is 23.8 Å². The lowest BCUT2D eigenvalue weighted by atomic mass is 10.0. The van der Waals surface area contributed by atoms with Crippen LogP contribution < -0.4 is 11.1 Å². The maximum absolute atomic E-state index is 11.9. The van der Waals surface area contributed by atoms with Crippen molar-refractivity contribution in [2.24, 2.45) is 5.92 Å². The van der Waals surface area contributed by atoms with Crippen LogP contribution in [0.3, 0.4) is 0 Å². The molecule has 0 unspecified atom stereocenters. The van der Waals surface area contributed by atoms with Crippen molar-refractivity contribution in [2.75, 3.05) is 11.1 Å². The quantitative estimate of drug-likeness (QED) is 0.721. The smallest absolute Gasteiger partial charge is 0.335 e. The van der Waals surface area contributed by atoms with Crippen LogP contribution in [0.25, 0.3) is 0 Å². The fourth-order valence-corrected chi connectivity index (χ4v) is 2.66. The minimum atomic E-state index is -1.03. The Balaban J connectivity index is 1.88. The molecule has 4 N–H and O–H groups in total. The summed E-state index contributed by atoms with van der Waals surface area (Å²) in [4.78, 5) is 22.7. The Kier molecular flexibility index (Phi) is 4.61. The van der Waals surface area contributed by atoms with Gasteiger partial charge in [0.05, 0.1) is 16.9 Å². The summed E-state index contributed by atoms with van der Waals surface area (Å²) >= 11 is 0. The molecule has 0 aliphatic heterocycles. The van der Waals surface area contributed by atoms with Gasteiger partial charge in [-0.3, -0.25) is 4.79 Å². The average molecular weight is 276 g/mol. The number of carboxylic acid groups (broad SMARTS) is 1. The van der Waals surface area contributed by atoms with E-state index in [-0.39, 0.29) is 17.2 Å². The van der Waals surface area contributed by atoms with Crippen LogP contribution in [-0.2, 0) is 4.79 Å². The summed E-state index contributed by atoms with van der Waals surface area (Å²) in [5, 5.41) is 11.6. The molecule has 1 fully saturated rings. The number of nitrogen functional groups attached to an aromatic ring is 1. The number of carbonyl (C=O) groups is 2. The number of hydrogen-bond donors (Lipinski definition) is 3. The molecule has 5 nitrogen and oxygen atoms in total. The molecule has 1 aromatic carbocycles. The van der Waals surface area contributed by atoms with Crippen LogP contribution >= 0.6 is 0 Å². The van der Waals surface area contributed by atoms with E-state index < -0.39 is 5.97 Å². The fourth-order valence-electron chi connectivity index (χ4n) is 2.66. The summed E-state index contributed by atoms with van der Waals surface area (Å²) < 4.78 is 0. The third-order valence-corrected chi connectivity index (χ3v) is 3.83. The van der Waals surface area contributed by atoms with Gasteiger partial charge < -0.3 is 16.2 Å². The van der Waals surface area contributed by atoms with Gasteiger partial charge in [-0.1, -0.05) is 25.7 Å². The highest BCUT2D eigenvalue weighted by molar-refractivity contribution is 5.96. The van der Waals surface area contributed by atoms with Gasteiger partial charge in [0.2, 0.25) is 5.91 Å². The lowest BCUT2D eigenvalue weighted by molar-refractivity contribution is -0.116. The third-order valence-electron chi connectivity index (χ3n) is 3.83. The summed E-state index contributed by atoms with van der Waals surface area (Å²) in [6, 6.07) is 4.33. The van der Waals surface area contributed by atoms with Gasteiger partial charge in [0.1, 0.15) is 0 Å². The molecule has 0 spiro atoms. The fraction of sp³-hybridized carbons (Fsp3) is 0.467. The number of carboxylic acids is 1. The molecule has 0 atom stereocenters. The second-order valence-electron chi connectivity index (χ2n) is 5.34. The molecular formula is C15H20N2O3. The summed E-state index contributed by atoms with van der Waals surface area (Å²) in [7, 11) is 0. The van der Waals surface area contributed by atoms with E-state index in [0.29, 0.717) is 18.0 Å². The first-order chi connectivity index (χ1) is 9.56. The first kappa shape index (κ1) is 14.4. The molecular weight excluding hydrogens is 256 g/mol. The van der Waals surface area contributed by atoms with Gasteiger partial charge in [0.25, 0.3) is 0 Å². The van der Waals surface area contributed by atoms with Crippen LogP contribution in [-0.4, -0.2) is 17.0 Å². The Bertz CT molecular complexity index is 508. The molecule has 0 radical (unpaired) electrons. The first-order valence-corrected chi connectivity index (χ1v) is 6.99. The van der Waals surface area contributed by atoms with Crippen LogP contribution in [0, 0.1) is 5.92 Å². The minimum Gasteiger partial charge on any atom is -0.478 e. The van der Waals surface area contributed by atoms with E-state index in [9.17, 15) is 9.59 Å². The largest absolute Gasteiger partial charge is 0.478 e. The predicted molar refractivity (Wildman–Crippen MR) is 77.6 cm³/mol. The molecule has 1 aliphatic rings. The van der Waals surface area contributed by atoms with Crippen molar-refractivity contribution < 1.29 is 14.7 Å². The Morgan fingerprint density at radius 3 is 2.60 bits per heavy atom. The van der Waals surface area contributed by atoms with Crippen molar-refractivity contribution in [3.63, 3.8) is 0 Å². The molecule has 20 heavy (non-hydrogen) atoms. The lowest BCUT2D eigenvalue weighted by Crippen LogP contribution is -2.14. The Morgan fingerprint density at radius 1 is 1.30 bits per heavy atom. The summed E-state index contributed by atoms with van der Waals surface area (Å²) in [5.74, 6) is -0.421. The third kappa shape index (κ3) is 3.73. The van der Waals surface area contributed by atoms with Crippen molar-refractivity contribution in [1.82, 2.24) is 0 Å². The van der Waals surface area contributed by atoms with E-state index in [1.54, 1.807) is 0 Å². The maximum atomic E-state index is 11.9. The highest BCUT2D eigenvalue weighted by atomic mass is 16.4. The molecule has 0 saturated heterocycles. The summed E-state index contributed by atoms with van der Waals surface area (Å²) in [5.41, 5.74) is 6.62. The van der Waals surface area contributed by atoms with Gasteiger partial charge in [0, 0.05) is 6.42 Å². The van der Waals surface area contributed by atoms with Crippen molar-refractivity contribution >= 4 is 23.3 Å². The number of nitrogens with one attached hydrogen (secondary N) is 1. The van der Waals surface area contributed by atoms with Crippen LogP contribution in [0.2, 0.25) is 0 Å². The normalized spacial score (nSPS) is 15.2. The lowest BCUT2D eigenvalue weighted by Gasteiger charge is -2.11. The highest BCUT2D eigenvalue weighted by Gasteiger charge is 2.16. The number of hydrogen-bond acceptors (Lipinski definition) is 3. The SMILES string of the molecule is Nc1cc(C(=O)O)ccc1NC(=O)CCC1CCCC1. The van der Waals surface area contributed by atoms with E-state index >= 15 is 0 Å². The monoisotopic (exact) mass is 276 g/mol. The first-order valence-electron chi connectivity index (χ1n) is 6.99. The van der Waals surface area contributed by atoms with Gasteiger partial charge in [-0.05, 0) is 30.5 Å². The summed E-state index contributed by atoms with van der Waals surface area (Å²) in [6.45, 7) is 0. The van der Waals surface area contributed by atoms with Crippen LogP contribution in [0.1, 0.15) is 48.9 Å². The van der Waals surface area contributed by atoms with Gasteiger partial charge in [0.15, 0.2) is 0 Å². The number of amides is 1. The van der Waals surface area contributed by atoms with Gasteiger partial charge in [-0.2, -0.15) is 0 Å². The average Bonchev–Trinajstić information content (AvgIpc) is 2.91. The molecule has 5 heteroatoms. The van der Waals surface area contributed by atoms with E-state index in [0.717, 1.165) is 6.42 Å². The summed E-state index contributed by atoms with van der Waals surface area (Å²) in [6.07, 6.45) is 6.40. The maximum Gasteiger partial charge on any atom is 0.335 e. The molecule has 2 rings (SSSR count). The number of carbonyl (C=O) groups excluding carboxylic acids is 1. The topological polar surface area (TPSA) is 92.4 Å². The minimum absolute atomic E-state index is 0.0633. The Hall–Kier alpha value is -2.04. The molecule has 108 valence electrons. The number of benzene rings is 1. The second-order valence-corrected chi connectivity index (χ2v) is 5.34. The van der Waals surface area contributed by atoms with Crippen LogP contribution in [0.5, 0.6) is 0 Å². The van der Waals surface area contributed by atoms with Crippen molar-refractivity contribution in [3.8, 4) is 0 Å². The van der Waals surface area contributed by atoms with Crippen LogP contribution in [0.15, 0.2) is 18.2 Å². The number of rotatable bonds is 5. The zero-order chi connectivity index (χ0) is 14.5. The molecule has 1 amide bonds. The predicted octanol–water partition coefficient (Wildman–Crippen LogP) is 2.88. The molecule has 1 saturated carbocycles. The Morgan fingerprint density at radius 2 is 2.00 bits per heavy atom. The molecule has 0 heterocycles. The van der Waals surface area contributed by atoms with Gasteiger partial charge >= 0.3 is 5.97 Å². The number of aromatic carboxylic acids is 1. The molecule has 1 aromatic rings. The molecule has 1 aliphatic carbocycles. The highest BCUT2D eigenvalue weighted by Crippen LogP contribution is 2.28. The van der Waals surface area contributed by atoms with E-state index in [2.05, 4.69) is 5.32 Å². The molecule has 0 aromatic heterocycles. The standard InChI is InChI=1S/C15H20N2O3/c16-12-9-11(15(19)20)6-7-13(12)17-14(18)8-5-10-3-1-2-4-10/h6-7,9-10H,1-5,8,16H2,(H,17,18)(H,19,20). The van der Waals surface area contributed by atoms with Crippen molar-refractivity contribution in [2.45, 2.75) is 38.5 Å². The zero-order valence-electron chi connectivity index (χ0n) is 11.4. The van der Waals surface area contributed by atoms with E-state index in [1.165, 1.54) is 43.9 Å². The number of nitrogens with two attached hydrogens (primary N) is 1.